The van der Waals surface area contributed by atoms with Crippen molar-refractivity contribution in [3.63, 3.8) is 0 Å². The van der Waals surface area contributed by atoms with Crippen molar-refractivity contribution in [2.24, 2.45) is 0 Å². The maximum Gasteiger partial charge on any atom is 0.295 e. The summed E-state index contributed by atoms with van der Waals surface area (Å²) in [6.45, 7) is 8.19. The van der Waals surface area contributed by atoms with E-state index in [1.165, 1.54) is 0 Å². The second kappa shape index (κ2) is 11.1. The van der Waals surface area contributed by atoms with E-state index in [9.17, 15) is 14.7 Å². The minimum Gasteiger partial charge on any atom is -0.507 e. The molecule has 8 heteroatoms. The largest absolute Gasteiger partial charge is 0.507 e. The molecule has 1 atom stereocenters. The zero-order valence-corrected chi connectivity index (χ0v) is 21.5. The van der Waals surface area contributed by atoms with Crippen LogP contribution < -0.4 is 9.64 Å². The average Bonchev–Trinajstić information content (AvgIpc) is 3.13. The van der Waals surface area contributed by atoms with Gasteiger partial charge in [-0.2, -0.15) is 0 Å². The van der Waals surface area contributed by atoms with E-state index >= 15 is 0 Å². The molecule has 0 bridgehead atoms. The van der Waals surface area contributed by atoms with E-state index in [4.69, 9.17) is 9.47 Å². The Balaban J connectivity index is 1.75. The summed E-state index contributed by atoms with van der Waals surface area (Å²) >= 11 is 0. The Bertz CT molecular complexity index is 1140. The zero-order chi connectivity index (χ0) is 25.8. The minimum absolute atomic E-state index is 0.117. The highest BCUT2D eigenvalue weighted by Crippen LogP contribution is 2.40. The van der Waals surface area contributed by atoms with Crippen molar-refractivity contribution in [2.75, 3.05) is 65.0 Å². The lowest BCUT2D eigenvalue weighted by molar-refractivity contribution is -0.140. The first-order chi connectivity index (χ1) is 17.3. The highest BCUT2D eigenvalue weighted by molar-refractivity contribution is 6.46. The van der Waals surface area contributed by atoms with Crippen LogP contribution in [0.2, 0.25) is 0 Å². The molecule has 0 radical (unpaired) electrons. The number of morpholine rings is 1. The number of ether oxygens (including phenoxy) is 2. The lowest BCUT2D eigenvalue weighted by Gasteiger charge is -2.31. The standard InChI is InChI=1S/C28H35N3O5/c1-5-36-22-10-11-23(19(2)18-22)26(32)24-25(20-6-8-21(9-7-20)29(3)4)31(28(34)27(24)33)13-12-30-14-16-35-17-15-30/h6-11,18,25,32H,5,12-17H2,1-4H3/t25-/m1/s1. The van der Waals surface area contributed by atoms with Gasteiger partial charge in [-0.25, -0.2) is 0 Å². The molecule has 2 aliphatic heterocycles. The van der Waals surface area contributed by atoms with Gasteiger partial charge in [0.2, 0.25) is 0 Å². The molecule has 2 aliphatic rings. The predicted molar refractivity (Wildman–Crippen MR) is 139 cm³/mol. The summed E-state index contributed by atoms with van der Waals surface area (Å²) in [5, 5.41) is 11.4. The number of carbonyl (C=O) groups excluding carboxylic acids is 2. The number of Topliss-reactive ketones (excluding diaryl/α,β-unsaturated/α-hetero) is 1. The Morgan fingerprint density at radius 3 is 2.39 bits per heavy atom. The molecule has 2 aromatic rings. The smallest absolute Gasteiger partial charge is 0.295 e. The lowest BCUT2D eigenvalue weighted by Crippen LogP contribution is -2.42. The molecule has 4 rings (SSSR count). The Morgan fingerprint density at radius 1 is 1.08 bits per heavy atom. The Morgan fingerprint density at radius 2 is 1.78 bits per heavy atom. The highest BCUT2D eigenvalue weighted by atomic mass is 16.5. The van der Waals surface area contributed by atoms with Gasteiger partial charge in [-0.1, -0.05) is 12.1 Å². The van der Waals surface area contributed by atoms with Gasteiger partial charge >= 0.3 is 0 Å². The van der Waals surface area contributed by atoms with Crippen LogP contribution in [0.3, 0.4) is 0 Å². The normalized spacial score (nSPS) is 20.1. The second-order valence-electron chi connectivity index (χ2n) is 9.34. The number of nitrogens with zero attached hydrogens (tertiary/aromatic N) is 3. The van der Waals surface area contributed by atoms with Crippen LogP contribution in [-0.2, 0) is 14.3 Å². The van der Waals surface area contributed by atoms with Crippen LogP contribution in [0.15, 0.2) is 48.0 Å². The van der Waals surface area contributed by atoms with E-state index in [1.807, 2.05) is 63.2 Å². The Kier molecular flexibility index (Phi) is 7.96. The molecule has 0 unspecified atom stereocenters. The first-order valence-corrected chi connectivity index (χ1v) is 12.4. The van der Waals surface area contributed by atoms with E-state index in [-0.39, 0.29) is 11.3 Å². The minimum atomic E-state index is -0.673. The second-order valence-corrected chi connectivity index (χ2v) is 9.34. The quantitative estimate of drug-likeness (QED) is 0.344. The predicted octanol–water partition coefficient (Wildman–Crippen LogP) is 3.21. The van der Waals surface area contributed by atoms with Gasteiger partial charge < -0.3 is 24.4 Å². The van der Waals surface area contributed by atoms with E-state index in [0.29, 0.717) is 44.2 Å². The molecule has 8 nitrogen and oxygen atoms in total. The number of hydrogen-bond donors (Lipinski definition) is 1. The maximum atomic E-state index is 13.3. The van der Waals surface area contributed by atoms with Gasteiger partial charge in [0.15, 0.2) is 0 Å². The lowest BCUT2D eigenvalue weighted by atomic mass is 9.93. The number of likely N-dealkylation sites (tertiary alicyclic amines) is 1. The van der Waals surface area contributed by atoms with Gasteiger partial charge in [-0.05, 0) is 55.3 Å². The van der Waals surface area contributed by atoms with E-state index in [1.54, 1.807) is 17.0 Å². The molecule has 0 spiro atoms. The first-order valence-electron chi connectivity index (χ1n) is 12.4. The van der Waals surface area contributed by atoms with E-state index in [0.717, 1.165) is 29.9 Å². The zero-order valence-electron chi connectivity index (χ0n) is 21.5. The molecule has 0 saturated carbocycles. The number of amides is 1. The van der Waals surface area contributed by atoms with Crippen molar-refractivity contribution in [1.29, 1.82) is 0 Å². The highest BCUT2D eigenvalue weighted by Gasteiger charge is 2.46. The molecule has 2 aromatic carbocycles. The van der Waals surface area contributed by atoms with Gasteiger partial charge in [-0.3, -0.25) is 14.5 Å². The summed E-state index contributed by atoms with van der Waals surface area (Å²) in [6, 6.07) is 12.4. The van der Waals surface area contributed by atoms with E-state index < -0.39 is 17.7 Å². The van der Waals surface area contributed by atoms with Crippen molar-refractivity contribution in [3.05, 3.63) is 64.7 Å². The molecule has 36 heavy (non-hydrogen) atoms. The van der Waals surface area contributed by atoms with Crippen molar-refractivity contribution in [1.82, 2.24) is 9.80 Å². The molecule has 2 heterocycles. The summed E-state index contributed by atoms with van der Waals surface area (Å²) in [5.41, 5.74) is 3.18. The van der Waals surface area contributed by atoms with Crippen molar-refractivity contribution in [2.45, 2.75) is 19.9 Å². The number of benzene rings is 2. The third-order valence-corrected chi connectivity index (χ3v) is 6.79. The summed E-state index contributed by atoms with van der Waals surface area (Å²) in [7, 11) is 3.91. The first kappa shape index (κ1) is 25.7. The number of aliphatic hydroxyl groups excluding tert-OH is 1. The maximum absolute atomic E-state index is 13.3. The monoisotopic (exact) mass is 493 g/mol. The molecule has 1 N–H and O–H groups in total. The number of ketones is 1. The molecule has 192 valence electrons. The van der Waals surface area contributed by atoms with Crippen LogP contribution >= 0.6 is 0 Å². The molecular weight excluding hydrogens is 458 g/mol. The summed E-state index contributed by atoms with van der Waals surface area (Å²) < 4.78 is 11.0. The molecule has 0 aromatic heterocycles. The van der Waals surface area contributed by atoms with Gasteiger partial charge in [-0.15, -0.1) is 0 Å². The number of carbonyl (C=O) groups is 2. The van der Waals surface area contributed by atoms with Crippen molar-refractivity contribution < 1.29 is 24.2 Å². The van der Waals surface area contributed by atoms with Crippen LogP contribution in [0.5, 0.6) is 5.75 Å². The fourth-order valence-electron chi connectivity index (χ4n) is 4.79. The van der Waals surface area contributed by atoms with Gasteiger partial charge in [0.05, 0.1) is 31.4 Å². The van der Waals surface area contributed by atoms with Crippen LogP contribution in [0, 0.1) is 6.92 Å². The SMILES string of the molecule is CCOc1ccc(C(O)=C2C(=O)C(=O)N(CCN3CCOCC3)[C@@H]2c2ccc(N(C)C)cc2)c(C)c1. The Hall–Kier alpha value is -3.36. The average molecular weight is 494 g/mol. The van der Waals surface area contributed by atoms with Crippen LogP contribution in [0.4, 0.5) is 5.69 Å². The molecular formula is C28H35N3O5. The number of hydrogen-bond acceptors (Lipinski definition) is 7. The molecule has 1 amide bonds. The van der Waals surface area contributed by atoms with E-state index in [2.05, 4.69) is 4.90 Å². The number of anilines is 1. The van der Waals surface area contributed by atoms with Gasteiger partial charge in [0.25, 0.3) is 11.7 Å². The third kappa shape index (κ3) is 5.24. The molecule has 2 fully saturated rings. The van der Waals surface area contributed by atoms with Crippen LogP contribution in [0.25, 0.3) is 5.76 Å². The molecule has 0 aliphatic carbocycles. The summed E-state index contributed by atoms with van der Waals surface area (Å²) in [6.07, 6.45) is 0. The van der Waals surface area contributed by atoms with Gasteiger partial charge in [0.1, 0.15) is 11.5 Å². The van der Waals surface area contributed by atoms with Gasteiger partial charge in [0, 0.05) is 51.5 Å². The van der Waals surface area contributed by atoms with Crippen LogP contribution in [0.1, 0.15) is 29.7 Å². The fourth-order valence-corrected chi connectivity index (χ4v) is 4.79. The summed E-state index contributed by atoms with van der Waals surface area (Å²) in [4.78, 5) is 32.4. The molecule has 2 saturated heterocycles. The third-order valence-electron chi connectivity index (χ3n) is 6.79. The Labute approximate surface area is 212 Å². The number of aryl methyl sites for hydroxylation is 1. The number of aliphatic hydroxyl groups is 1. The number of rotatable bonds is 8. The summed E-state index contributed by atoms with van der Waals surface area (Å²) in [5.74, 6) is -0.725. The van der Waals surface area contributed by atoms with Crippen molar-refractivity contribution in [3.8, 4) is 5.75 Å². The van der Waals surface area contributed by atoms with Crippen LogP contribution in [-0.4, -0.2) is 86.7 Å². The topological polar surface area (TPSA) is 82.5 Å². The van der Waals surface area contributed by atoms with Crippen molar-refractivity contribution >= 4 is 23.1 Å². The fraction of sp³-hybridized carbons (Fsp3) is 0.429.